The van der Waals surface area contributed by atoms with Crippen molar-refractivity contribution < 1.29 is 4.79 Å². The maximum atomic E-state index is 12.8. The van der Waals surface area contributed by atoms with Crippen LogP contribution in [0.4, 0.5) is 11.5 Å². The van der Waals surface area contributed by atoms with Crippen LogP contribution in [-0.4, -0.2) is 46.8 Å². The predicted octanol–water partition coefficient (Wildman–Crippen LogP) is 3.57. The van der Waals surface area contributed by atoms with E-state index in [9.17, 15) is 4.79 Å². The second-order valence-corrected chi connectivity index (χ2v) is 8.56. The van der Waals surface area contributed by atoms with Crippen molar-refractivity contribution >= 4 is 17.4 Å². The molecule has 0 unspecified atom stereocenters. The first-order chi connectivity index (χ1) is 14.1. The number of carbonyl (C=O) groups is 1. The Morgan fingerprint density at radius 1 is 1.10 bits per heavy atom. The van der Waals surface area contributed by atoms with Crippen LogP contribution in [0.15, 0.2) is 30.3 Å². The van der Waals surface area contributed by atoms with E-state index >= 15 is 0 Å². The van der Waals surface area contributed by atoms with Gasteiger partial charge in [-0.2, -0.15) is 5.10 Å². The lowest BCUT2D eigenvalue weighted by Gasteiger charge is -2.31. The molecule has 0 bridgehead atoms. The van der Waals surface area contributed by atoms with E-state index in [1.165, 1.54) is 18.4 Å². The van der Waals surface area contributed by atoms with Gasteiger partial charge in [-0.1, -0.05) is 30.3 Å². The molecule has 6 heteroatoms. The van der Waals surface area contributed by atoms with Gasteiger partial charge in [-0.15, -0.1) is 0 Å². The van der Waals surface area contributed by atoms with Crippen LogP contribution in [0.3, 0.4) is 0 Å². The van der Waals surface area contributed by atoms with Crippen LogP contribution < -0.4 is 10.2 Å². The fraction of sp³-hybridized carbons (Fsp3) is 0.565. The maximum Gasteiger partial charge on any atom is 0.224 e. The second-order valence-electron chi connectivity index (χ2n) is 8.56. The number of piperidine rings is 1. The number of carbonyl (C=O) groups excluding carboxylic acids is 1. The Morgan fingerprint density at radius 2 is 1.79 bits per heavy atom. The normalized spacial score (nSPS) is 18.3. The number of nitrogens with zero attached hydrogens (tertiary/aromatic N) is 4. The molecule has 2 saturated heterocycles. The highest BCUT2D eigenvalue weighted by atomic mass is 16.1. The number of hydrogen-bond donors (Lipinski definition) is 1. The average Bonchev–Trinajstić information content (AvgIpc) is 3.35. The molecule has 2 fully saturated rings. The van der Waals surface area contributed by atoms with Crippen LogP contribution in [0, 0.1) is 12.8 Å². The first-order valence-electron chi connectivity index (χ1n) is 10.9. The molecule has 4 rings (SSSR count). The van der Waals surface area contributed by atoms with Gasteiger partial charge in [0.2, 0.25) is 5.91 Å². The summed E-state index contributed by atoms with van der Waals surface area (Å²) in [6.45, 7) is 7.23. The van der Waals surface area contributed by atoms with Crippen molar-refractivity contribution in [1.82, 2.24) is 14.7 Å². The molecule has 1 amide bonds. The molecule has 0 aliphatic carbocycles. The van der Waals surface area contributed by atoms with Crippen molar-refractivity contribution in [2.75, 3.05) is 36.4 Å². The maximum absolute atomic E-state index is 12.8. The number of likely N-dealkylation sites (tertiary alicyclic amines) is 1. The molecule has 0 radical (unpaired) electrons. The van der Waals surface area contributed by atoms with Crippen molar-refractivity contribution in [3.05, 3.63) is 41.6 Å². The molecule has 156 valence electrons. The molecule has 1 N–H and O–H groups in total. The summed E-state index contributed by atoms with van der Waals surface area (Å²) < 4.78 is 1.88. The van der Waals surface area contributed by atoms with Crippen LogP contribution in [0.2, 0.25) is 0 Å². The van der Waals surface area contributed by atoms with Crippen LogP contribution in [0.25, 0.3) is 0 Å². The van der Waals surface area contributed by atoms with Gasteiger partial charge in [0.05, 0.1) is 5.69 Å². The fourth-order valence-electron chi connectivity index (χ4n) is 4.53. The van der Waals surface area contributed by atoms with E-state index in [4.69, 9.17) is 0 Å². The average molecular weight is 396 g/mol. The summed E-state index contributed by atoms with van der Waals surface area (Å²) in [5.41, 5.74) is 3.30. The van der Waals surface area contributed by atoms with Gasteiger partial charge in [0.25, 0.3) is 0 Å². The topological polar surface area (TPSA) is 53.4 Å². The molecule has 3 heterocycles. The summed E-state index contributed by atoms with van der Waals surface area (Å²) in [5.74, 6) is 1.53. The molecule has 1 aromatic heterocycles. The largest absolute Gasteiger partial charge is 0.353 e. The highest BCUT2D eigenvalue weighted by Crippen LogP contribution is 2.31. The van der Waals surface area contributed by atoms with E-state index in [-0.39, 0.29) is 5.91 Å². The lowest BCUT2D eigenvalue weighted by atomic mass is 9.93. The minimum absolute atomic E-state index is 0.128. The van der Waals surface area contributed by atoms with Crippen LogP contribution >= 0.6 is 0 Å². The van der Waals surface area contributed by atoms with E-state index in [1.54, 1.807) is 0 Å². The van der Waals surface area contributed by atoms with E-state index in [2.05, 4.69) is 50.5 Å². The van der Waals surface area contributed by atoms with Gasteiger partial charge in [-0.3, -0.25) is 14.4 Å². The third kappa shape index (κ3) is 4.81. The van der Waals surface area contributed by atoms with Gasteiger partial charge in [-0.05, 0) is 57.2 Å². The number of rotatable bonds is 6. The summed E-state index contributed by atoms with van der Waals surface area (Å²) in [6.07, 6.45) is 5.18. The number of aryl methyl sites for hydroxylation is 1. The number of aromatic nitrogens is 2. The summed E-state index contributed by atoms with van der Waals surface area (Å²) >= 11 is 0. The third-order valence-corrected chi connectivity index (χ3v) is 6.42. The molecule has 1 aromatic carbocycles. The highest BCUT2D eigenvalue weighted by Gasteiger charge is 2.25. The number of hydrogen-bond acceptors (Lipinski definition) is 4. The minimum Gasteiger partial charge on any atom is -0.353 e. The quantitative estimate of drug-likeness (QED) is 0.812. The van der Waals surface area contributed by atoms with Crippen LogP contribution in [0.5, 0.6) is 0 Å². The Kier molecular flexibility index (Phi) is 6.19. The zero-order valence-corrected chi connectivity index (χ0v) is 17.7. The molecule has 6 nitrogen and oxygen atoms in total. The molecular weight excluding hydrogens is 362 g/mol. The molecule has 2 aliphatic rings. The Morgan fingerprint density at radius 3 is 2.48 bits per heavy atom. The first kappa shape index (κ1) is 20.0. The number of benzene rings is 1. The Balaban J connectivity index is 1.30. The van der Waals surface area contributed by atoms with E-state index in [0.717, 1.165) is 62.8 Å². The van der Waals surface area contributed by atoms with E-state index in [0.29, 0.717) is 12.3 Å². The Bertz CT molecular complexity index is 817. The van der Waals surface area contributed by atoms with Gasteiger partial charge in [0, 0.05) is 33.1 Å². The first-order valence-corrected chi connectivity index (χ1v) is 10.9. The van der Waals surface area contributed by atoms with Crippen molar-refractivity contribution in [2.24, 2.45) is 13.0 Å². The highest BCUT2D eigenvalue weighted by molar-refractivity contribution is 5.94. The Hall–Kier alpha value is -2.34. The third-order valence-electron chi connectivity index (χ3n) is 6.42. The summed E-state index contributed by atoms with van der Waals surface area (Å²) in [5, 5.41) is 7.86. The summed E-state index contributed by atoms with van der Waals surface area (Å²) in [7, 11) is 1.95. The zero-order chi connectivity index (χ0) is 20.2. The van der Waals surface area contributed by atoms with Gasteiger partial charge in [0.1, 0.15) is 5.69 Å². The molecule has 0 atom stereocenters. The molecular formula is C23H33N5O. The second kappa shape index (κ2) is 8.99. The standard InChI is InChI=1S/C23H33N5O/c1-18-22(23(25-26(18)2)28-12-6-7-13-28)24-21(29)16-19-10-14-27(15-11-19)17-20-8-4-3-5-9-20/h3-5,8-9,19H,6-7,10-17H2,1-2H3,(H,24,29). The zero-order valence-electron chi connectivity index (χ0n) is 17.7. The number of amides is 1. The molecule has 2 aromatic rings. The van der Waals surface area contributed by atoms with Crippen molar-refractivity contribution in [2.45, 2.75) is 45.6 Å². The SMILES string of the molecule is Cc1c(NC(=O)CC2CCN(Cc3ccccc3)CC2)c(N2CCCC2)nn1C. The van der Waals surface area contributed by atoms with E-state index in [1.807, 2.05) is 18.7 Å². The van der Waals surface area contributed by atoms with Crippen molar-refractivity contribution in [3.8, 4) is 0 Å². The van der Waals surface area contributed by atoms with Crippen molar-refractivity contribution in [3.63, 3.8) is 0 Å². The van der Waals surface area contributed by atoms with Gasteiger partial charge in [0.15, 0.2) is 5.82 Å². The molecule has 0 spiro atoms. The molecule has 0 saturated carbocycles. The number of nitrogens with one attached hydrogen (secondary N) is 1. The minimum atomic E-state index is 0.128. The Labute approximate surface area is 173 Å². The smallest absolute Gasteiger partial charge is 0.224 e. The molecule has 2 aliphatic heterocycles. The lowest BCUT2D eigenvalue weighted by Crippen LogP contribution is -2.34. The van der Waals surface area contributed by atoms with Gasteiger partial charge < -0.3 is 10.2 Å². The molecule has 29 heavy (non-hydrogen) atoms. The van der Waals surface area contributed by atoms with Crippen LogP contribution in [-0.2, 0) is 18.4 Å². The number of anilines is 2. The van der Waals surface area contributed by atoms with Crippen LogP contribution in [0.1, 0.15) is 43.4 Å². The summed E-state index contributed by atoms with van der Waals surface area (Å²) in [6, 6.07) is 10.6. The van der Waals surface area contributed by atoms with Gasteiger partial charge in [-0.25, -0.2) is 0 Å². The fourth-order valence-corrected chi connectivity index (χ4v) is 4.53. The lowest BCUT2D eigenvalue weighted by molar-refractivity contribution is -0.117. The predicted molar refractivity (Wildman–Crippen MR) is 117 cm³/mol. The van der Waals surface area contributed by atoms with Crippen molar-refractivity contribution in [1.29, 1.82) is 0 Å². The van der Waals surface area contributed by atoms with Gasteiger partial charge >= 0.3 is 0 Å². The van der Waals surface area contributed by atoms with E-state index < -0.39 is 0 Å². The monoisotopic (exact) mass is 395 g/mol. The summed E-state index contributed by atoms with van der Waals surface area (Å²) in [4.78, 5) is 17.6.